The molecule has 0 radical (unpaired) electrons. The molecule has 7 heteroatoms. The Balaban J connectivity index is 1.61. The van der Waals surface area contributed by atoms with Crippen molar-refractivity contribution in [1.29, 1.82) is 0 Å². The zero-order valence-corrected chi connectivity index (χ0v) is 13.5. The summed E-state index contributed by atoms with van der Waals surface area (Å²) >= 11 is 1.42. The van der Waals surface area contributed by atoms with Crippen LogP contribution in [0.15, 0.2) is 36.5 Å². The fraction of sp³-hybridized carbons (Fsp3) is 0.333. The van der Waals surface area contributed by atoms with Crippen molar-refractivity contribution in [1.82, 2.24) is 4.98 Å². The van der Waals surface area contributed by atoms with Crippen LogP contribution in [0.5, 0.6) is 0 Å². The summed E-state index contributed by atoms with van der Waals surface area (Å²) in [6.07, 6.45) is 2.92. The summed E-state index contributed by atoms with van der Waals surface area (Å²) in [4.78, 5) is 17.3. The number of hydrogen-bond donors (Lipinski definition) is 1. The molecule has 116 valence electrons. The predicted molar refractivity (Wildman–Crippen MR) is 86.8 cm³/mol. The van der Waals surface area contributed by atoms with Crippen LogP contribution in [-0.2, 0) is 21.1 Å². The van der Waals surface area contributed by atoms with Gasteiger partial charge in [-0.1, -0.05) is 30.3 Å². The van der Waals surface area contributed by atoms with E-state index in [0.717, 1.165) is 11.3 Å². The minimum absolute atomic E-state index is 0.0545. The second-order valence-electron chi connectivity index (χ2n) is 5.38. The highest BCUT2D eigenvalue weighted by molar-refractivity contribution is 7.91. The number of sulfone groups is 1. The Bertz CT molecular complexity index is 769. The van der Waals surface area contributed by atoms with Crippen molar-refractivity contribution in [2.24, 2.45) is 5.92 Å². The number of nitrogens with zero attached hydrogens (tertiary/aromatic N) is 1. The number of benzene rings is 1. The second-order valence-corrected chi connectivity index (χ2v) is 8.73. The highest BCUT2D eigenvalue weighted by Gasteiger charge is 2.33. The van der Waals surface area contributed by atoms with Gasteiger partial charge in [0.25, 0.3) is 0 Å². The van der Waals surface area contributed by atoms with E-state index in [0.29, 0.717) is 11.6 Å². The number of carbonyl (C=O) groups excluding carboxylic acids is 1. The third kappa shape index (κ3) is 3.72. The monoisotopic (exact) mass is 336 g/mol. The Hall–Kier alpha value is -1.73. The lowest BCUT2D eigenvalue weighted by Crippen LogP contribution is -2.23. The molecule has 0 saturated carbocycles. The van der Waals surface area contributed by atoms with Crippen LogP contribution in [0.1, 0.15) is 16.9 Å². The van der Waals surface area contributed by atoms with Gasteiger partial charge in [-0.3, -0.25) is 4.79 Å². The minimum atomic E-state index is -3.05. The van der Waals surface area contributed by atoms with Crippen molar-refractivity contribution >= 4 is 32.2 Å². The number of rotatable bonds is 4. The molecular formula is C15H16N2O3S2. The van der Waals surface area contributed by atoms with Gasteiger partial charge in [-0.05, 0) is 12.0 Å². The molecule has 1 saturated heterocycles. The molecule has 0 aliphatic carbocycles. The highest BCUT2D eigenvalue weighted by atomic mass is 32.2. The van der Waals surface area contributed by atoms with Gasteiger partial charge >= 0.3 is 0 Å². The molecule has 2 heterocycles. The van der Waals surface area contributed by atoms with Crippen LogP contribution >= 0.6 is 11.3 Å². The van der Waals surface area contributed by atoms with Gasteiger partial charge in [-0.25, -0.2) is 13.4 Å². The smallest absolute Gasteiger partial charge is 0.230 e. The molecule has 1 fully saturated rings. The van der Waals surface area contributed by atoms with Crippen molar-refractivity contribution in [3.8, 4) is 0 Å². The predicted octanol–water partition coefficient (Wildman–Crippen LogP) is 2.11. The summed E-state index contributed by atoms with van der Waals surface area (Å²) in [5, 5.41) is 3.26. The molecule has 0 spiro atoms. The summed E-state index contributed by atoms with van der Waals surface area (Å²) in [6, 6.07) is 10.0. The van der Waals surface area contributed by atoms with Gasteiger partial charge in [0.2, 0.25) is 5.91 Å². The maximum Gasteiger partial charge on any atom is 0.230 e. The first-order chi connectivity index (χ1) is 10.5. The molecular weight excluding hydrogens is 320 g/mol. The molecule has 5 nitrogen and oxygen atoms in total. The van der Waals surface area contributed by atoms with Gasteiger partial charge in [-0.2, -0.15) is 0 Å². The van der Waals surface area contributed by atoms with Crippen LogP contribution in [0.2, 0.25) is 0 Å². The molecule has 3 rings (SSSR count). The number of carbonyl (C=O) groups is 1. The molecule has 22 heavy (non-hydrogen) atoms. The Kier molecular flexibility index (Phi) is 4.26. The fourth-order valence-electron chi connectivity index (χ4n) is 2.45. The van der Waals surface area contributed by atoms with Crippen molar-refractivity contribution in [2.75, 3.05) is 16.8 Å². The third-order valence-corrected chi connectivity index (χ3v) is 6.29. The molecule has 1 aliphatic heterocycles. The molecule has 1 aliphatic rings. The van der Waals surface area contributed by atoms with Crippen LogP contribution < -0.4 is 5.32 Å². The highest BCUT2D eigenvalue weighted by Crippen LogP contribution is 2.24. The molecule has 1 amide bonds. The van der Waals surface area contributed by atoms with E-state index >= 15 is 0 Å². The van der Waals surface area contributed by atoms with Crippen LogP contribution in [0.4, 0.5) is 5.13 Å². The number of amides is 1. The van der Waals surface area contributed by atoms with Crippen LogP contribution in [0.3, 0.4) is 0 Å². The van der Waals surface area contributed by atoms with Crippen LogP contribution in [-0.4, -0.2) is 30.8 Å². The average Bonchev–Trinajstić information content (AvgIpc) is 3.06. The zero-order chi connectivity index (χ0) is 15.6. The molecule has 0 bridgehead atoms. The number of thiazole rings is 1. The Morgan fingerprint density at radius 1 is 1.32 bits per heavy atom. The minimum Gasteiger partial charge on any atom is -0.302 e. The summed E-state index contributed by atoms with van der Waals surface area (Å²) in [5.74, 6) is -0.656. The first-order valence-electron chi connectivity index (χ1n) is 7.02. The van der Waals surface area contributed by atoms with Crippen molar-refractivity contribution in [2.45, 2.75) is 12.8 Å². The maximum absolute atomic E-state index is 12.1. The quantitative estimate of drug-likeness (QED) is 0.928. The van der Waals surface area contributed by atoms with E-state index in [1.54, 1.807) is 6.20 Å². The van der Waals surface area contributed by atoms with Crippen LogP contribution in [0, 0.1) is 5.92 Å². The van der Waals surface area contributed by atoms with E-state index < -0.39 is 15.8 Å². The summed E-state index contributed by atoms with van der Waals surface area (Å²) < 4.78 is 22.8. The van der Waals surface area contributed by atoms with Gasteiger partial charge < -0.3 is 5.32 Å². The molecule has 1 aromatic heterocycles. The fourth-order valence-corrected chi connectivity index (χ4v) is 5.04. The van der Waals surface area contributed by atoms with Crippen molar-refractivity contribution in [3.63, 3.8) is 0 Å². The van der Waals surface area contributed by atoms with E-state index in [-0.39, 0.29) is 17.4 Å². The summed E-state index contributed by atoms with van der Waals surface area (Å²) in [5.41, 5.74) is 1.19. The lowest BCUT2D eigenvalue weighted by atomic mass is 10.1. The largest absolute Gasteiger partial charge is 0.302 e. The standard InChI is InChI=1S/C15H16N2O3S2/c18-14(12-6-7-22(19,20)10-12)17-15-16-9-13(21-15)8-11-4-2-1-3-5-11/h1-5,9,12H,6-8,10H2,(H,16,17,18)/t12-/m1/s1. The first-order valence-corrected chi connectivity index (χ1v) is 9.65. The number of anilines is 1. The Morgan fingerprint density at radius 3 is 2.77 bits per heavy atom. The second kappa shape index (κ2) is 6.18. The first kappa shape index (κ1) is 15.2. The van der Waals surface area contributed by atoms with E-state index in [4.69, 9.17) is 0 Å². The normalized spacial score (nSPS) is 19.9. The van der Waals surface area contributed by atoms with Crippen molar-refractivity contribution < 1.29 is 13.2 Å². The van der Waals surface area contributed by atoms with Gasteiger partial charge in [0.15, 0.2) is 15.0 Å². The molecule has 0 unspecified atom stereocenters. The van der Waals surface area contributed by atoms with E-state index in [2.05, 4.69) is 10.3 Å². The average molecular weight is 336 g/mol. The number of hydrogen-bond acceptors (Lipinski definition) is 5. The lowest BCUT2D eigenvalue weighted by Gasteiger charge is -2.06. The molecule has 1 atom stereocenters. The van der Waals surface area contributed by atoms with E-state index in [9.17, 15) is 13.2 Å². The van der Waals surface area contributed by atoms with E-state index in [1.807, 2.05) is 30.3 Å². The maximum atomic E-state index is 12.1. The van der Waals surface area contributed by atoms with E-state index in [1.165, 1.54) is 16.9 Å². The van der Waals surface area contributed by atoms with Gasteiger partial charge in [0, 0.05) is 17.5 Å². The van der Waals surface area contributed by atoms with Crippen LogP contribution in [0.25, 0.3) is 0 Å². The summed E-state index contributed by atoms with van der Waals surface area (Å²) in [7, 11) is -3.05. The number of nitrogens with one attached hydrogen (secondary N) is 1. The van der Waals surface area contributed by atoms with Gasteiger partial charge in [-0.15, -0.1) is 11.3 Å². The SMILES string of the molecule is O=C(Nc1ncc(Cc2ccccc2)s1)[C@@H]1CCS(=O)(=O)C1. The zero-order valence-electron chi connectivity index (χ0n) is 11.9. The lowest BCUT2D eigenvalue weighted by molar-refractivity contribution is -0.119. The molecule has 1 N–H and O–H groups in total. The molecule has 2 aromatic rings. The number of aromatic nitrogens is 1. The summed E-state index contributed by atoms with van der Waals surface area (Å²) in [6.45, 7) is 0. The van der Waals surface area contributed by atoms with Crippen molar-refractivity contribution in [3.05, 3.63) is 47.0 Å². The topological polar surface area (TPSA) is 76.1 Å². The Morgan fingerprint density at radius 2 is 2.09 bits per heavy atom. The van der Waals surface area contributed by atoms with Gasteiger partial charge in [0.1, 0.15) is 0 Å². The Labute approximate surface area is 133 Å². The molecule has 1 aromatic carbocycles. The van der Waals surface area contributed by atoms with Gasteiger partial charge in [0.05, 0.1) is 17.4 Å². The third-order valence-electron chi connectivity index (χ3n) is 3.61.